The maximum Gasteiger partial charge on any atom is -0.147 e. The summed E-state index contributed by atoms with van der Waals surface area (Å²) in [6.07, 6.45) is 1.80. The molecule has 0 saturated carbocycles. The molecular formula is C26H31ClFeN3. The van der Waals surface area contributed by atoms with E-state index in [4.69, 9.17) is 0 Å². The van der Waals surface area contributed by atoms with Gasteiger partial charge in [0.15, 0.2) is 0 Å². The number of aromatic nitrogens is 2. The minimum absolute atomic E-state index is 0. The van der Waals surface area contributed by atoms with Crippen molar-refractivity contribution in [1.82, 2.24) is 16.1 Å². The van der Waals surface area contributed by atoms with Crippen LogP contribution in [0.5, 0.6) is 0 Å². The van der Waals surface area contributed by atoms with Crippen molar-refractivity contribution in [3.8, 4) is 0 Å². The number of hydrogen-bond acceptors (Lipinski definition) is 3. The molecule has 0 saturated heterocycles. The minimum Gasteiger partial charge on any atom is -0.344 e. The maximum atomic E-state index is 4.64. The standard InChI is InChI=1S/C14H10N2.C12H17.ClH.Fe.H3N/c1-2-12-8-7-11-6-5-10-4-3-9-15-13(10)14(11)16-12;1-9(2)11-6-5-7-12(8-11)10(3)4;;;/h3-9H,1H3;5-7,9-10H,1-4H3;1H;;1H3/q;-1;;+1;. The van der Waals surface area contributed by atoms with Gasteiger partial charge in [0.05, 0.1) is 0 Å². The number of halogens is 1. The zero-order valence-electron chi connectivity index (χ0n) is 18.8. The Morgan fingerprint density at radius 2 is 1.35 bits per heavy atom. The Morgan fingerprint density at radius 3 is 1.90 bits per heavy atom. The molecule has 3 N–H and O–H groups in total. The van der Waals surface area contributed by atoms with Gasteiger partial charge in [-0.25, -0.2) is 0 Å². The first kappa shape index (κ1) is 26.9. The van der Waals surface area contributed by atoms with Crippen LogP contribution in [0, 0.1) is 6.07 Å². The van der Waals surface area contributed by atoms with E-state index >= 15 is 0 Å². The normalized spacial score (nSPS) is 10.3. The third-order valence-corrected chi connectivity index (χ3v) is 5.15. The fraction of sp³-hybridized carbons (Fsp3) is 0.269. The Labute approximate surface area is 200 Å². The maximum absolute atomic E-state index is 4.64. The Hall–Kier alpha value is -2.10. The average Bonchev–Trinajstić information content (AvgIpc) is 2.73. The summed E-state index contributed by atoms with van der Waals surface area (Å²) >= 11 is 3.93. The Balaban J connectivity index is 0.000000308. The molecular weight excluding hydrogens is 446 g/mol. The van der Waals surface area contributed by atoms with Crippen LogP contribution in [0.4, 0.5) is 0 Å². The molecule has 2 aromatic carbocycles. The van der Waals surface area contributed by atoms with Crippen LogP contribution in [0.15, 0.2) is 60.8 Å². The van der Waals surface area contributed by atoms with E-state index in [-0.39, 0.29) is 18.6 Å². The van der Waals surface area contributed by atoms with Gasteiger partial charge in [-0.2, -0.15) is 35.4 Å². The Bertz CT molecular complexity index is 1130. The van der Waals surface area contributed by atoms with Gasteiger partial charge >= 0.3 is 107 Å². The van der Waals surface area contributed by atoms with Gasteiger partial charge in [0, 0.05) is 0 Å². The molecule has 0 atom stereocenters. The SMILES string of the molecule is CC(C)c1[c-]c(C(C)C)ccc1.C[C](=[Fe+])c1ccc2ccc3cccnc3c2n1.Cl.N. The van der Waals surface area contributed by atoms with Gasteiger partial charge in [0.2, 0.25) is 0 Å². The largest absolute Gasteiger partial charge is 0.344 e. The second-order valence-electron chi connectivity index (χ2n) is 7.79. The van der Waals surface area contributed by atoms with Gasteiger partial charge in [-0.05, 0) is 11.8 Å². The molecule has 0 aliphatic carbocycles. The van der Waals surface area contributed by atoms with E-state index in [0.717, 1.165) is 31.9 Å². The van der Waals surface area contributed by atoms with Crippen LogP contribution in [0.1, 0.15) is 63.3 Å². The molecule has 0 aliphatic rings. The fourth-order valence-electron chi connectivity index (χ4n) is 3.09. The summed E-state index contributed by atoms with van der Waals surface area (Å²) in [5.41, 5.74) is 5.47. The number of pyridine rings is 2. The van der Waals surface area contributed by atoms with Crippen LogP contribution in [0.3, 0.4) is 0 Å². The van der Waals surface area contributed by atoms with Crippen molar-refractivity contribution in [1.29, 1.82) is 0 Å². The molecule has 2 aromatic heterocycles. The number of fused-ring (bicyclic) bond motifs is 3. The molecule has 165 valence electrons. The van der Waals surface area contributed by atoms with Crippen LogP contribution in [-0.4, -0.2) is 14.4 Å². The average molecular weight is 477 g/mol. The van der Waals surface area contributed by atoms with Gasteiger partial charge in [-0.3, -0.25) is 0 Å². The van der Waals surface area contributed by atoms with E-state index in [1.165, 1.54) is 11.1 Å². The number of nitrogens with zero attached hydrogens (tertiary/aromatic N) is 2. The molecule has 0 radical (unpaired) electrons. The third kappa shape index (κ3) is 6.69. The molecule has 0 unspecified atom stereocenters. The number of hydrogen-bond donors (Lipinski definition) is 1. The zero-order valence-corrected chi connectivity index (χ0v) is 20.7. The van der Waals surface area contributed by atoms with E-state index in [2.05, 4.69) is 102 Å². The summed E-state index contributed by atoms with van der Waals surface area (Å²) in [6.45, 7) is 10.8. The van der Waals surface area contributed by atoms with Crippen molar-refractivity contribution in [2.45, 2.75) is 46.5 Å². The molecule has 4 aromatic rings. The summed E-state index contributed by atoms with van der Waals surface area (Å²) in [6, 6.07) is 22.1. The molecule has 0 amide bonds. The topological polar surface area (TPSA) is 60.8 Å². The molecule has 0 spiro atoms. The summed E-state index contributed by atoms with van der Waals surface area (Å²) < 4.78 is 0.972. The molecule has 0 bridgehead atoms. The third-order valence-electron chi connectivity index (χ3n) is 4.86. The molecule has 3 nitrogen and oxygen atoms in total. The first-order valence-electron chi connectivity index (χ1n) is 10.0. The van der Waals surface area contributed by atoms with Gasteiger partial charge < -0.3 is 6.15 Å². The summed E-state index contributed by atoms with van der Waals surface area (Å²) in [5.74, 6) is 1.17. The van der Waals surface area contributed by atoms with Crippen molar-refractivity contribution >= 4 is 38.6 Å². The minimum atomic E-state index is 0. The van der Waals surface area contributed by atoms with Gasteiger partial charge in [0.25, 0.3) is 0 Å². The van der Waals surface area contributed by atoms with Crippen molar-refractivity contribution in [2.75, 3.05) is 0 Å². The van der Waals surface area contributed by atoms with Crippen LogP contribution in [0.2, 0.25) is 0 Å². The predicted octanol–water partition coefficient (Wildman–Crippen LogP) is 7.19. The first-order valence-corrected chi connectivity index (χ1v) is 10.6. The van der Waals surface area contributed by atoms with Gasteiger partial charge in [-0.15, -0.1) is 12.4 Å². The smallest absolute Gasteiger partial charge is 0.147 e. The summed E-state index contributed by atoms with van der Waals surface area (Å²) in [4.78, 5) is 9.06. The monoisotopic (exact) mass is 476 g/mol. The van der Waals surface area contributed by atoms with Gasteiger partial charge in [-0.1, -0.05) is 27.7 Å². The van der Waals surface area contributed by atoms with Crippen LogP contribution >= 0.6 is 12.4 Å². The Morgan fingerprint density at radius 1 is 0.806 bits per heavy atom. The second-order valence-corrected chi connectivity index (χ2v) is 8.62. The number of rotatable bonds is 3. The molecule has 0 aliphatic heterocycles. The van der Waals surface area contributed by atoms with Crippen molar-refractivity contribution < 1.29 is 15.6 Å². The second kappa shape index (κ2) is 12.1. The quantitative estimate of drug-likeness (QED) is 0.193. The predicted molar refractivity (Wildman–Crippen MR) is 133 cm³/mol. The van der Waals surface area contributed by atoms with Crippen molar-refractivity contribution in [3.63, 3.8) is 0 Å². The van der Waals surface area contributed by atoms with Gasteiger partial charge in [0.1, 0.15) is 0 Å². The molecule has 2 heterocycles. The van der Waals surface area contributed by atoms with Crippen LogP contribution < -0.4 is 6.15 Å². The number of benzene rings is 2. The Kier molecular flexibility index (Phi) is 10.5. The van der Waals surface area contributed by atoms with E-state index in [1.54, 1.807) is 6.20 Å². The summed E-state index contributed by atoms with van der Waals surface area (Å²) in [7, 11) is 0. The van der Waals surface area contributed by atoms with Crippen LogP contribution in [-0.2, 0) is 15.6 Å². The molecule has 0 fully saturated rings. The van der Waals surface area contributed by atoms with Crippen LogP contribution in [0.25, 0.3) is 21.8 Å². The van der Waals surface area contributed by atoms with E-state index in [0.29, 0.717) is 11.8 Å². The first-order chi connectivity index (χ1) is 13.9. The zero-order chi connectivity index (χ0) is 21.0. The molecule has 4 rings (SSSR count). The van der Waals surface area contributed by atoms with Crippen molar-refractivity contribution in [2.24, 2.45) is 0 Å². The van der Waals surface area contributed by atoms with E-state index in [1.807, 2.05) is 19.1 Å². The fourth-order valence-corrected chi connectivity index (χ4v) is 3.24. The van der Waals surface area contributed by atoms with Crippen molar-refractivity contribution in [3.05, 3.63) is 83.7 Å². The van der Waals surface area contributed by atoms with E-state index in [9.17, 15) is 0 Å². The molecule has 31 heavy (non-hydrogen) atoms. The summed E-state index contributed by atoms with van der Waals surface area (Å²) in [5, 5.41) is 2.23. The molecule has 5 heteroatoms. The van der Waals surface area contributed by atoms with E-state index < -0.39 is 0 Å².